The van der Waals surface area contributed by atoms with Crippen LogP contribution in [0, 0.1) is 0 Å². The second-order valence-corrected chi connectivity index (χ2v) is 6.53. The number of aliphatic carboxylic acids is 1. The molecule has 1 heterocycles. The maximum atomic E-state index is 11.7. The van der Waals surface area contributed by atoms with Gasteiger partial charge in [-0.05, 0) is 27.7 Å². The summed E-state index contributed by atoms with van der Waals surface area (Å²) in [6.45, 7) is 7.86. The van der Waals surface area contributed by atoms with E-state index in [-0.39, 0.29) is 13.2 Å². The van der Waals surface area contributed by atoms with E-state index in [2.05, 4.69) is 10.6 Å². The molecule has 3 N–H and O–H groups in total. The lowest BCUT2D eigenvalue weighted by Gasteiger charge is -2.46. The van der Waals surface area contributed by atoms with Crippen LogP contribution in [0.2, 0.25) is 0 Å². The van der Waals surface area contributed by atoms with Crippen LogP contribution >= 0.6 is 0 Å². The molecule has 1 aliphatic rings. The van der Waals surface area contributed by atoms with Crippen molar-refractivity contribution in [2.45, 2.75) is 38.8 Å². The second-order valence-electron chi connectivity index (χ2n) is 6.53. The summed E-state index contributed by atoms with van der Waals surface area (Å²) in [6.07, 6.45) is 0. The third-order valence-electron chi connectivity index (χ3n) is 2.77. The van der Waals surface area contributed by atoms with Crippen LogP contribution in [-0.4, -0.2) is 65.3 Å². The van der Waals surface area contributed by atoms with Crippen LogP contribution < -0.4 is 10.6 Å². The first-order valence-corrected chi connectivity index (χ1v) is 6.69. The molecule has 3 amide bonds. The van der Waals surface area contributed by atoms with Crippen molar-refractivity contribution in [1.82, 2.24) is 15.5 Å². The molecule has 0 aliphatic carbocycles. The Morgan fingerprint density at radius 2 is 1.86 bits per heavy atom. The number of carboxylic acid groups (broad SMARTS) is 1. The lowest BCUT2D eigenvalue weighted by molar-refractivity contribution is -0.166. The molecule has 1 aliphatic heterocycles. The van der Waals surface area contributed by atoms with Crippen molar-refractivity contribution in [1.29, 1.82) is 0 Å². The number of amides is 3. The van der Waals surface area contributed by atoms with Crippen molar-refractivity contribution < 1.29 is 24.2 Å². The largest absolute Gasteiger partial charge is 0.480 e. The van der Waals surface area contributed by atoms with Crippen LogP contribution in [0.25, 0.3) is 0 Å². The average Bonchev–Trinajstić information content (AvgIpc) is 2.21. The quantitative estimate of drug-likeness (QED) is 0.648. The van der Waals surface area contributed by atoms with Gasteiger partial charge >= 0.3 is 12.0 Å². The number of carboxylic acids is 1. The molecule has 0 atom stereocenters. The van der Waals surface area contributed by atoms with Crippen LogP contribution in [0.3, 0.4) is 0 Å². The minimum absolute atomic E-state index is 0.0730. The van der Waals surface area contributed by atoms with Gasteiger partial charge in [0.25, 0.3) is 0 Å². The molecule has 120 valence electrons. The van der Waals surface area contributed by atoms with Crippen molar-refractivity contribution in [3.63, 3.8) is 0 Å². The van der Waals surface area contributed by atoms with Gasteiger partial charge in [-0.3, -0.25) is 15.0 Å². The summed E-state index contributed by atoms with van der Waals surface area (Å²) in [6, 6.07) is -0.530. The number of likely N-dealkylation sites (tertiary alicyclic amines) is 1. The molecule has 0 spiro atoms. The Bertz CT molecular complexity index is 424. The Balaban J connectivity index is 2.26. The minimum atomic E-state index is -1.02. The molecular weight excluding hydrogens is 278 g/mol. The topological polar surface area (TPSA) is 108 Å². The van der Waals surface area contributed by atoms with E-state index in [0.717, 1.165) is 0 Å². The lowest BCUT2D eigenvalue weighted by Crippen LogP contribution is -2.63. The first kappa shape index (κ1) is 17.4. The van der Waals surface area contributed by atoms with Crippen molar-refractivity contribution in [2.24, 2.45) is 0 Å². The molecule has 0 aromatic heterocycles. The van der Waals surface area contributed by atoms with E-state index in [1.54, 1.807) is 11.8 Å². The number of carbonyl (C=O) groups is 3. The fourth-order valence-electron chi connectivity index (χ4n) is 2.08. The van der Waals surface area contributed by atoms with Crippen molar-refractivity contribution in [3.8, 4) is 0 Å². The number of hydrogen-bond acceptors (Lipinski definition) is 5. The predicted molar refractivity (Wildman–Crippen MR) is 74.9 cm³/mol. The zero-order valence-electron chi connectivity index (χ0n) is 12.9. The predicted octanol–water partition coefficient (Wildman–Crippen LogP) is -0.214. The van der Waals surface area contributed by atoms with E-state index in [0.29, 0.717) is 13.1 Å². The van der Waals surface area contributed by atoms with E-state index in [1.807, 2.05) is 20.8 Å². The van der Waals surface area contributed by atoms with Gasteiger partial charge < -0.3 is 15.2 Å². The maximum absolute atomic E-state index is 11.7. The van der Waals surface area contributed by atoms with Gasteiger partial charge in [-0.15, -0.1) is 0 Å². The number of nitrogens with one attached hydrogen (secondary N) is 2. The van der Waals surface area contributed by atoms with E-state index in [4.69, 9.17) is 9.84 Å². The summed E-state index contributed by atoms with van der Waals surface area (Å²) in [4.78, 5) is 35.4. The molecule has 1 rings (SSSR count). The third-order valence-corrected chi connectivity index (χ3v) is 2.77. The Kier molecular flexibility index (Phi) is 5.30. The van der Waals surface area contributed by atoms with Crippen molar-refractivity contribution in [3.05, 3.63) is 0 Å². The Labute approximate surface area is 123 Å². The normalized spacial score (nSPS) is 17.7. The molecule has 0 unspecified atom stereocenters. The minimum Gasteiger partial charge on any atom is -0.480 e. The summed E-state index contributed by atoms with van der Waals surface area (Å²) in [5.74, 6) is -1.43. The Hall–Kier alpha value is -1.67. The number of urea groups is 1. The third kappa shape index (κ3) is 6.54. The first-order valence-electron chi connectivity index (χ1n) is 6.69. The highest BCUT2D eigenvalue weighted by Crippen LogP contribution is 2.23. The van der Waals surface area contributed by atoms with Gasteiger partial charge in [0.05, 0.1) is 12.1 Å². The van der Waals surface area contributed by atoms with Crippen LogP contribution in [-0.2, 0) is 14.3 Å². The monoisotopic (exact) mass is 301 g/mol. The summed E-state index contributed by atoms with van der Waals surface area (Å²) in [7, 11) is 0. The number of imide groups is 1. The van der Waals surface area contributed by atoms with Crippen LogP contribution in [0.15, 0.2) is 0 Å². The lowest BCUT2D eigenvalue weighted by atomic mass is 9.96. The van der Waals surface area contributed by atoms with E-state index >= 15 is 0 Å². The number of nitrogens with zero attached hydrogens (tertiary/aromatic N) is 1. The van der Waals surface area contributed by atoms with Gasteiger partial charge in [-0.25, -0.2) is 9.59 Å². The Morgan fingerprint density at radius 3 is 2.33 bits per heavy atom. The van der Waals surface area contributed by atoms with Gasteiger partial charge in [0.1, 0.15) is 6.61 Å². The van der Waals surface area contributed by atoms with Crippen LogP contribution in [0.4, 0.5) is 4.79 Å². The molecule has 0 aromatic rings. The fraction of sp³-hybridized carbons (Fsp3) is 0.769. The molecule has 0 saturated carbocycles. The molecule has 0 aromatic carbocycles. The summed E-state index contributed by atoms with van der Waals surface area (Å²) in [5.41, 5.74) is -0.962. The van der Waals surface area contributed by atoms with E-state index in [9.17, 15) is 14.4 Å². The average molecular weight is 301 g/mol. The first-order chi connectivity index (χ1) is 9.49. The standard InChI is InChI=1S/C13H23N3O5/c1-12(2,3)15-11(20)14-9(17)5-16-7-13(4,8-16)21-6-10(18)19/h5-8H2,1-4H3,(H,18,19)(H2,14,15,17,20). The summed E-state index contributed by atoms with van der Waals surface area (Å²) >= 11 is 0. The molecule has 1 saturated heterocycles. The second kappa shape index (κ2) is 6.40. The van der Waals surface area contributed by atoms with Gasteiger partial charge in [-0.1, -0.05) is 0 Å². The molecule has 0 bridgehead atoms. The van der Waals surface area contributed by atoms with Crippen molar-refractivity contribution in [2.75, 3.05) is 26.2 Å². The molecular formula is C13H23N3O5. The molecule has 8 nitrogen and oxygen atoms in total. The number of rotatable bonds is 5. The molecule has 8 heteroatoms. The SMILES string of the molecule is CC(C)(C)NC(=O)NC(=O)CN1CC(C)(OCC(=O)O)C1. The van der Waals surface area contributed by atoms with Crippen molar-refractivity contribution >= 4 is 17.9 Å². The van der Waals surface area contributed by atoms with E-state index in [1.165, 1.54) is 0 Å². The highest BCUT2D eigenvalue weighted by Gasteiger charge is 2.40. The number of hydrogen-bond donors (Lipinski definition) is 3. The highest BCUT2D eigenvalue weighted by molar-refractivity contribution is 5.95. The maximum Gasteiger partial charge on any atom is 0.329 e. The molecule has 0 radical (unpaired) electrons. The van der Waals surface area contributed by atoms with Crippen LogP contribution in [0.5, 0.6) is 0 Å². The highest BCUT2D eigenvalue weighted by atomic mass is 16.5. The Morgan fingerprint density at radius 1 is 1.29 bits per heavy atom. The number of carbonyl (C=O) groups excluding carboxylic acids is 2. The van der Waals surface area contributed by atoms with E-state index < -0.39 is 29.0 Å². The fourth-order valence-corrected chi connectivity index (χ4v) is 2.08. The van der Waals surface area contributed by atoms with Crippen LogP contribution in [0.1, 0.15) is 27.7 Å². The van der Waals surface area contributed by atoms with Gasteiger partial charge in [0.2, 0.25) is 5.91 Å². The zero-order chi connectivity index (χ0) is 16.3. The summed E-state index contributed by atoms with van der Waals surface area (Å²) in [5, 5.41) is 13.4. The van der Waals surface area contributed by atoms with Gasteiger partial charge in [0, 0.05) is 18.6 Å². The zero-order valence-corrected chi connectivity index (χ0v) is 12.9. The number of ether oxygens (including phenoxy) is 1. The molecule has 21 heavy (non-hydrogen) atoms. The molecule has 1 fully saturated rings. The van der Waals surface area contributed by atoms with Gasteiger partial charge in [-0.2, -0.15) is 0 Å². The van der Waals surface area contributed by atoms with Gasteiger partial charge in [0.15, 0.2) is 0 Å². The smallest absolute Gasteiger partial charge is 0.329 e. The summed E-state index contributed by atoms with van der Waals surface area (Å²) < 4.78 is 5.23.